The van der Waals surface area contributed by atoms with E-state index in [2.05, 4.69) is 9.97 Å². The minimum atomic E-state index is -1.01. The van der Waals surface area contributed by atoms with Gasteiger partial charge in [-0.25, -0.2) is 14.6 Å². The Labute approximate surface area is 123 Å². The number of aromatic carboxylic acids is 1. The smallest absolute Gasteiger partial charge is 0.335 e. The predicted octanol–water partition coefficient (Wildman–Crippen LogP) is 2.04. The third-order valence-corrected chi connectivity index (χ3v) is 4.10. The summed E-state index contributed by atoms with van der Waals surface area (Å²) in [7, 11) is 0. The number of hydrogen-bond donors (Lipinski definition) is 2. The molecule has 0 aliphatic carbocycles. The van der Waals surface area contributed by atoms with Gasteiger partial charge < -0.3 is 10.1 Å². The maximum Gasteiger partial charge on any atom is 0.335 e. The van der Waals surface area contributed by atoms with Crippen molar-refractivity contribution in [2.24, 2.45) is 0 Å². The minimum Gasteiger partial charge on any atom is -0.478 e. The Morgan fingerprint density at radius 1 is 1.48 bits per heavy atom. The van der Waals surface area contributed by atoms with Crippen LogP contribution < -0.4 is 5.69 Å². The average molecular weight is 303 g/mol. The van der Waals surface area contributed by atoms with E-state index in [0.29, 0.717) is 24.0 Å². The lowest BCUT2D eigenvalue weighted by Crippen LogP contribution is -2.18. The molecule has 0 saturated carbocycles. The number of aryl methyl sites for hydroxylation is 3. The lowest BCUT2D eigenvalue weighted by Gasteiger charge is -2.02. The SMILES string of the molecule is Cc1nc(CCn2c(=O)[nH]c3ccc(C(=O)O)cc32)cs1. The Bertz CT molecular complexity index is 875. The summed E-state index contributed by atoms with van der Waals surface area (Å²) in [4.78, 5) is 30.1. The summed E-state index contributed by atoms with van der Waals surface area (Å²) in [6.07, 6.45) is 0.633. The molecule has 3 rings (SSSR count). The second-order valence-corrected chi connectivity index (χ2v) is 5.79. The van der Waals surface area contributed by atoms with E-state index < -0.39 is 5.97 Å². The fourth-order valence-electron chi connectivity index (χ4n) is 2.26. The van der Waals surface area contributed by atoms with E-state index in [4.69, 9.17) is 5.11 Å². The van der Waals surface area contributed by atoms with Crippen LogP contribution in [0.3, 0.4) is 0 Å². The Morgan fingerprint density at radius 3 is 2.95 bits per heavy atom. The van der Waals surface area contributed by atoms with Crippen LogP contribution in [-0.4, -0.2) is 25.6 Å². The zero-order valence-electron chi connectivity index (χ0n) is 11.3. The number of hydrogen-bond acceptors (Lipinski definition) is 4. The van der Waals surface area contributed by atoms with Crippen molar-refractivity contribution >= 4 is 28.3 Å². The molecule has 0 saturated heterocycles. The molecule has 108 valence electrons. The van der Waals surface area contributed by atoms with Gasteiger partial charge in [-0.15, -0.1) is 11.3 Å². The monoisotopic (exact) mass is 303 g/mol. The molecular formula is C14H13N3O3S. The molecule has 2 heterocycles. The summed E-state index contributed by atoms with van der Waals surface area (Å²) in [6, 6.07) is 4.61. The van der Waals surface area contributed by atoms with Gasteiger partial charge in [0.2, 0.25) is 0 Å². The first-order chi connectivity index (χ1) is 10.0. The van der Waals surface area contributed by atoms with Crippen LogP contribution >= 0.6 is 11.3 Å². The highest BCUT2D eigenvalue weighted by Gasteiger charge is 2.11. The van der Waals surface area contributed by atoms with E-state index in [0.717, 1.165) is 10.7 Å². The Hall–Kier alpha value is -2.41. The van der Waals surface area contributed by atoms with Gasteiger partial charge in [-0.2, -0.15) is 0 Å². The van der Waals surface area contributed by atoms with Crippen molar-refractivity contribution < 1.29 is 9.90 Å². The molecule has 0 aliphatic rings. The molecule has 6 nitrogen and oxygen atoms in total. The Morgan fingerprint density at radius 2 is 2.29 bits per heavy atom. The number of rotatable bonds is 4. The maximum absolute atomic E-state index is 12.0. The summed E-state index contributed by atoms with van der Waals surface area (Å²) in [5.41, 5.74) is 2.11. The lowest BCUT2D eigenvalue weighted by molar-refractivity contribution is 0.0697. The number of thiazole rings is 1. The normalized spacial score (nSPS) is 11.1. The van der Waals surface area contributed by atoms with Gasteiger partial charge >= 0.3 is 11.7 Å². The molecule has 7 heteroatoms. The highest BCUT2D eigenvalue weighted by Crippen LogP contribution is 2.14. The molecule has 21 heavy (non-hydrogen) atoms. The first kappa shape index (κ1) is 13.6. The van der Waals surface area contributed by atoms with Crippen LogP contribution in [0.15, 0.2) is 28.4 Å². The van der Waals surface area contributed by atoms with Crippen LogP contribution in [-0.2, 0) is 13.0 Å². The van der Waals surface area contributed by atoms with Gasteiger partial charge in [0, 0.05) is 18.3 Å². The van der Waals surface area contributed by atoms with Crippen molar-refractivity contribution in [1.82, 2.24) is 14.5 Å². The van der Waals surface area contributed by atoms with E-state index >= 15 is 0 Å². The number of nitrogens with zero attached hydrogens (tertiary/aromatic N) is 2. The van der Waals surface area contributed by atoms with Gasteiger partial charge in [0.25, 0.3) is 0 Å². The van der Waals surface area contributed by atoms with Crippen LogP contribution in [0.1, 0.15) is 21.1 Å². The fourth-order valence-corrected chi connectivity index (χ4v) is 2.90. The first-order valence-corrected chi connectivity index (χ1v) is 7.29. The zero-order valence-corrected chi connectivity index (χ0v) is 12.1. The number of aromatic amines is 1. The third kappa shape index (κ3) is 2.59. The molecule has 0 bridgehead atoms. The standard InChI is InChI=1S/C14H13N3O3S/c1-8-15-10(7-21-8)4-5-17-12-6-9(13(18)19)2-3-11(12)16-14(17)20/h2-3,6-7H,4-5H2,1H3,(H,16,20)(H,18,19). The van der Waals surface area contributed by atoms with Gasteiger partial charge in [0.1, 0.15) is 0 Å². The largest absolute Gasteiger partial charge is 0.478 e. The molecule has 0 aliphatic heterocycles. The molecule has 0 atom stereocenters. The summed E-state index contributed by atoms with van der Waals surface area (Å²) in [5, 5.41) is 12.0. The number of nitrogens with one attached hydrogen (secondary N) is 1. The second kappa shape index (κ2) is 5.17. The van der Waals surface area contributed by atoms with Crippen LogP contribution in [0, 0.1) is 6.92 Å². The predicted molar refractivity (Wildman–Crippen MR) is 80.1 cm³/mol. The van der Waals surface area contributed by atoms with E-state index in [1.54, 1.807) is 22.0 Å². The van der Waals surface area contributed by atoms with E-state index in [1.807, 2.05) is 12.3 Å². The van der Waals surface area contributed by atoms with Gasteiger partial charge in [0.15, 0.2) is 0 Å². The molecule has 1 aromatic carbocycles. The highest BCUT2D eigenvalue weighted by molar-refractivity contribution is 7.09. The number of imidazole rings is 1. The van der Waals surface area contributed by atoms with Crippen LogP contribution in [0.5, 0.6) is 0 Å². The molecule has 0 radical (unpaired) electrons. The van der Waals surface area contributed by atoms with E-state index in [9.17, 15) is 9.59 Å². The number of carboxylic acids is 1. The number of benzene rings is 1. The quantitative estimate of drug-likeness (QED) is 0.772. The minimum absolute atomic E-state index is 0.166. The third-order valence-electron chi connectivity index (χ3n) is 3.28. The number of carboxylic acid groups (broad SMARTS) is 1. The maximum atomic E-state index is 12.0. The van der Waals surface area contributed by atoms with E-state index in [1.165, 1.54) is 12.1 Å². The molecule has 2 N–H and O–H groups in total. The van der Waals surface area contributed by atoms with Gasteiger partial charge in [-0.3, -0.25) is 4.57 Å². The first-order valence-electron chi connectivity index (χ1n) is 6.41. The van der Waals surface area contributed by atoms with Crippen molar-refractivity contribution in [3.63, 3.8) is 0 Å². The Kier molecular flexibility index (Phi) is 3.34. The molecule has 3 aromatic rings. The van der Waals surface area contributed by atoms with E-state index in [-0.39, 0.29) is 11.3 Å². The van der Waals surface area contributed by atoms with Gasteiger partial charge in [-0.1, -0.05) is 0 Å². The summed E-state index contributed by atoms with van der Waals surface area (Å²) >= 11 is 1.57. The van der Waals surface area contributed by atoms with Crippen LogP contribution in [0.4, 0.5) is 0 Å². The van der Waals surface area contributed by atoms with Gasteiger partial charge in [0.05, 0.1) is 27.3 Å². The van der Waals surface area contributed by atoms with Crippen molar-refractivity contribution in [3.05, 3.63) is 50.3 Å². The lowest BCUT2D eigenvalue weighted by atomic mass is 10.2. The molecule has 0 amide bonds. The second-order valence-electron chi connectivity index (χ2n) is 4.73. The highest BCUT2D eigenvalue weighted by atomic mass is 32.1. The summed E-state index contributed by atoms with van der Waals surface area (Å²) in [6.45, 7) is 2.40. The molecular weight excluding hydrogens is 290 g/mol. The van der Waals surface area contributed by atoms with Crippen LogP contribution in [0.25, 0.3) is 11.0 Å². The number of fused-ring (bicyclic) bond motifs is 1. The topological polar surface area (TPSA) is 88.0 Å². The number of aromatic nitrogens is 3. The summed E-state index contributed by atoms with van der Waals surface area (Å²) in [5.74, 6) is -1.01. The van der Waals surface area contributed by atoms with Crippen molar-refractivity contribution in [2.75, 3.05) is 0 Å². The molecule has 2 aromatic heterocycles. The van der Waals surface area contributed by atoms with Gasteiger partial charge in [-0.05, 0) is 25.1 Å². The summed E-state index contributed by atoms with van der Waals surface area (Å²) < 4.78 is 1.55. The molecule has 0 fully saturated rings. The van der Waals surface area contributed by atoms with Crippen molar-refractivity contribution in [2.45, 2.75) is 19.9 Å². The molecule has 0 spiro atoms. The molecule has 0 unspecified atom stereocenters. The Balaban J connectivity index is 1.96. The zero-order chi connectivity index (χ0) is 15.0. The van der Waals surface area contributed by atoms with Crippen LogP contribution in [0.2, 0.25) is 0 Å². The number of H-pyrrole nitrogens is 1. The number of carbonyl (C=O) groups is 1. The van der Waals surface area contributed by atoms with Crippen molar-refractivity contribution in [3.8, 4) is 0 Å². The fraction of sp³-hybridized carbons (Fsp3) is 0.214. The van der Waals surface area contributed by atoms with Crippen molar-refractivity contribution in [1.29, 1.82) is 0 Å². The average Bonchev–Trinajstić information content (AvgIpc) is 2.98.